The molecule has 0 radical (unpaired) electrons. The first kappa shape index (κ1) is 17.1. The first-order valence-corrected chi connectivity index (χ1v) is 9.55. The third-order valence-electron chi connectivity index (χ3n) is 4.29. The normalized spacial score (nSPS) is 20.5. The molecule has 0 N–H and O–H groups in total. The Bertz CT molecular complexity index is 748. The average Bonchev–Trinajstić information content (AvgIpc) is 2.54. The fourth-order valence-corrected chi connectivity index (χ4v) is 3.67. The molecule has 0 aromatic heterocycles. The van der Waals surface area contributed by atoms with Crippen LogP contribution in [-0.2, 0) is 25.6 Å². The lowest BCUT2D eigenvalue weighted by Crippen LogP contribution is -2.34. The molecule has 0 heterocycles. The molecule has 0 aliphatic heterocycles. The van der Waals surface area contributed by atoms with Crippen LogP contribution in [0.2, 0.25) is 0 Å². The fraction of sp³-hybridized carbons (Fsp3) is 0.368. The zero-order chi connectivity index (χ0) is 17.0. The fourth-order valence-electron chi connectivity index (χ4n) is 2.69. The van der Waals surface area contributed by atoms with E-state index in [0.717, 1.165) is 24.0 Å². The second-order valence-electron chi connectivity index (χ2n) is 6.31. The summed E-state index contributed by atoms with van der Waals surface area (Å²) in [5.41, 5.74) is 2.17. The Kier molecular flexibility index (Phi) is 5.33. The SMILES string of the molecule is Cc1ccc(S(=O)(=O)OC[C@H]2C[C@H](OCc3ccccc3)C2)cc1. The number of hydrogen-bond donors (Lipinski definition) is 0. The molecule has 1 aliphatic carbocycles. The summed E-state index contributed by atoms with van der Waals surface area (Å²) >= 11 is 0. The van der Waals surface area contributed by atoms with E-state index in [1.807, 2.05) is 37.3 Å². The molecule has 128 valence electrons. The highest BCUT2D eigenvalue weighted by Gasteiger charge is 2.31. The van der Waals surface area contributed by atoms with Crippen LogP contribution in [-0.4, -0.2) is 21.1 Å². The van der Waals surface area contributed by atoms with Crippen molar-refractivity contribution in [2.24, 2.45) is 5.92 Å². The molecule has 0 bridgehead atoms. The Hall–Kier alpha value is -1.69. The van der Waals surface area contributed by atoms with E-state index in [9.17, 15) is 8.42 Å². The molecule has 5 heteroatoms. The second-order valence-corrected chi connectivity index (χ2v) is 7.92. The van der Waals surface area contributed by atoms with Gasteiger partial charge in [-0.3, -0.25) is 4.18 Å². The molecule has 1 saturated carbocycles. The lowest BCUT2D eigenvalue weighted by atomic mass is 9.83. The molecule has 2 aromatic carbocycles. The van der Waals surface area contributed by atoms with Crippen molar-refractivity contribution in [2.45, 2.75) is 37.4 Å². The van der Waals surface area contributed by atoms with E-state index in [0.29, 0.717) is 6.61 Å². The summed E-state index contributed by atoms with van der Waals surface area (Å²) in [5.74, 6) is 0.242. The number of aryl methyl sites for hydroxylation is 1. The van der Waals surface area contributed by atoms with E-state index in [1.165, 1.54) is 0 Å². The molecule has 3 rings (SSSR count). The van der Waals surface area contributed by atoms with Crippen molar-refractivity contribution in [1.29, 1.82) is 0 Å². The number of hydrogen-bond acceptors (Lipinski definition) is 4. The summed E-state index contributed by atoms with van der Waals surface area (Å²) in [5, 5.41) is 0. The molecule has 0 amide bonds. The second kappa shape index (κ2) is 7.47. The summed E-state index contributed by atoms with van der Waals surface area (Å²) < 4.78 is 35.3. The van der Waals surface area contributed by atoms with Gasteiger partial charge in [0.2, 0.25) is 0 Å². The largest absolute Gasteiger partial charge is 0.374 e. The minimum Gasteiger partial charge on any atom is -0.374 e. The number of benzene rings is 2. The lowest BCUT2D eigenvalue weighted by molar-refractivity contribution is -0.0500. The molecule has 0 unspecified atom stereocenters. The smallest absolute Gasteiger partial charge is 0.296 e. The maximum absolute atomic E-state index is 12.1. The molecule has 24 heavy (non-hydrogen) atoms. The molecule has 0 atom stereocenters. The maximum atomic E-state index is 12.1. The first-order valence-electron chi connectivity index (χ1n) is 8.14. The van der Waals surface area contributed by atoms with Crippen LogP contribution < -0.4 is 0 Å². The Morgan fingerprint density at radius 3 is 2.33 bits per heavy atom. The van der Waals surface area contributed by atoms with Crippen LogP contribution in [0, 0.1) is 12.8 Å². The van der Waals surface area contributed by atoms with Crippen LogP contribution in [0.4, 0.5) is 0 Å². The van der Waals surface area contributed by atoms with Gasteiger partial charge in [0, 0.05) is 0 Å². The summed E-state index contributed by atoms with van der Waals surface area (Å²) in [6.45, 7) is 2.74. The summed E-state index contributed by atoms with van der Waals surface area (Å²) in [4.78, 5) is 0.212. The van der Waals surface area contributed by atoms with Gasteiger partial charge in [-0.05, 0) is 43.4 Å². The minimum absolute atomic E-state index is 0.195. The quantitative estimate of drug-likeness (QED) is 0.718. The highest BCUT2D eigenvalue weighted by Crippen LogP contribution is 2.31. The first-order chi connectivity index (χ1) is 11.5. The van der Waals surface area contributed by atoms with Crippen molar-refractivity contribution < 1.29 is 17.3 Å². The van der Waals surface area contributed by atoms with Gasteiger partial charge >= 0.3 is 0 Å². The Morgan fingerprint density at radius 2 is 1.67 bits per heavy atom. The molecular weight excluding hydrogens is 324 g/mol. The van der Waals surface area contributed by atoms with E-state index in [4.69, 9.17) is 8.92 Å². The van der Waals surface area contributed by atoms with Crippen LogP contribution in [0.1, 0.15) is 24.0 Å². The summed E-state index contributed by atoms with van der Waals surface area (Å²) in [6, 6.07) is 16.7. The van der Waals surface area contributed by atoms with Gasteiger partial charge in [0.05, 0.1) is 24.2 Å². The van der Waals surface area contributed by atoms with Crippen LogP contribution in [0.15, 0.2) is 59.5 Å². The van der Waals surface area contributed by atoms with Crippen molar-refractivity contribution in [3.8, 4) is 0 Å². The standard InChI is InChI=1S/C19H22O4S/c1-15-7-9-19(10-8-15)24(20,21)23-14-17-11-18(12-17)22-13-16-5-3-2-4-6-16/h2-10,17-18H,11-14H2,1H3/t17-,18-. The maximum Gasteiger partial charge on any atom is 0.296 e. The van der Waals surface area contributed by atoms with E-state index in [1.54, 1.807) is 24.3 Å². The number of ether oxygens (including phenoxy) is 1. The van der Waals surface area contributed by atoms with Gasteiger partial charge in [0.25, 0.3) is 10.1 Å². The predicted molar refractivity (Wildman–Crippen MR) is 92.1 cm³/mol. The van der Waals surface area contributed by atoms with Gasteiger partial charge in [-0.2, -0.15) is 8.42 Å². The monoisotopic (exact) mass is 346 g/mol. The van der Waals surface area contributed by atoms with Crippen molar-refractivity contribution in [3.05, 3.63) is 65.7 Å². The molecule has 4 nitrogen and oxygen atoms in total. The highest BCUT2D eigenvalue weighted by molar-refractivity contribution is 7.86. The third kappa shape index (κ3) is 4.44. The van der Waals surface area contributed by atoms with Crippen molar-refractivity contribution >= 4 is 10.1 Å². The summed E-state index contributed by atoms with van der Waals surface area (Å²) in [6.07, 6.45) is 1.88. The van der Waals surface area contributed by atoms with Crippen molar-refractivity contribution in [3.63, 3.8) is 0 Å². The van der Waals surface area contributed by atoms with Gasteiger partial charge in [-0.15, -0.1) is 0 Å². The van der Waals surface area contributed by atoms with Crippen LogP contribution in [0.25, 0.3) is 0 Å². The Balaban J connectivity index is 1.40. The molecule has 0 spiro atoms. The van der Waals surface area contributed by atoms with E-state index in [-0.39, 0.29) is 23.5 Å². The highest BCUT2D eigenvalue weighted by atomic mass is 32.2. The van der Waals surface area contributed by atoms with Crippen LogP contribution >= 0.6 is 0 Å². The predicted octanol–water partition coefficient (Wildman–Crippen LogP) is 3.70. The molecule has 1 aliphatic rings. The van der Waals surface area contributed by atoms with Crippen LogP contribution in [0.5, 0.6) is 0 Å². The van der Waals surface area contributed by atoms with Gasteiger partial charge in [0.15, 0.2) is 0 Å². The zero-order valence-corrected chi connectivity index (χ0v) is 14.5. The lowest BCUT2D eigenvalue weighted by Gasteiger charge is -2.34. The molecule has 2 aromatic rings. The Labute approximate surface area is 143 Å². The van der Waals surface area contributed by atoms with Gasteiger partial charge in [-0.25, -0.2) is 0 Å². The molecular formula is C19H22O4S. The summed E-state index contributed by atoms with van der Waals surface area (Å²) in [7, 11) is -3.66. The minimum atomic E-state index is -3.66. The van der Waals surface area contributed by atoms with E-state index in [2.05, 4.69) is 0 Å². The number of rotatable bonds is 7. The van der Waals surface area contributed by atoms with Gasteiger partial charge in [-0.1, -0.05) is 48.0 Å². The van der Waals surface area contributed by atoms with Crippen molar-refractivity contribution in [1.82, 2.24) is 0 Å². The van der Waals surface area contributed by atoms with Gasteiger partial charge < -0.3 is 4.74 Å². The molecule has 1 fully saturated rings. The topological polar surface area (TPSA) is 52.6 Å². The van der Waals surface area contributed by atoms with Gasteiger partial charge in [0.1, 0.15) is 0 Å². The zero-order valence-electron chi connectivity index (χ0n) is 13.7. The Morgan fingerprint density at radius 1 is 1.00 bits per heavy atom. The van der Waals surface area contributed by atoms with E-state index >= 15 is 0 Å². The average molecular weight is 346 g/mol. The molecule has 0 saturated heterocycles. The van der Waals surface area contributed by atoms with Crippen LogP contribution in [0.3, 0.4) is 0 Å². The third-order valence-corrected chi connectivity index (χ3v) is 5.59. The van der Waals surface area contributed by atoms with Crippen molar-refractivity contribution in [2.75, 3.05) is 6.61 Å². The van der Waals surface area contributed by atoms with E-state index < -0.39 is 10.1 Å².